The fourth-order valence-electron chi connectivity index (χ4n) is 2.95. The number of carbonyl (C=O) groups is 3. The molecular weight excluding hydrogens is 396 g/mol. The van der Waals surface area contributed by atoms with Crippen LogP contribution in [0.25, 0.3) is 6.08 Å². The Hall–Kier alpha value is -2.83. The SMILES string of the molecule is CN(C(=O)C=Cc1ccccc1Cl)C(=O)C1(C(C=O)c2cccs2)C=CC=N1. The molecule has 142 valence electrons. The van der Waals surface area contributed by atoms with Crippen LogP contribution in [0.1, 0.15) is 16.4 Å². The molecule has 0 saturated carbocycles. The van der Waals surface area contributed by atoms with Gasteiger partial charge in [0.25, 0.3) is 11.8 Å². The normalized spacial score (nSPS) is 19.1. The lowest BCUT2D eigenvalue weighted by molar-refractivity contribution is -0.144. The third-order valence-electron chi connectivity index (χ3n) is 4.47. The Morgan fingerprint density at radius 3 is 2.64 bits per heavy atom. The molecular formula is C21H17ClN2O3S. The van der Waals surface area contributed by atoms with Crippen molar-refractivity contribution in [1.82, 2.24) is 4.90 Å². The third kappa shape index (κ3) is 3.74. The van der Waals surface area contributed by atoms with Crippen LogP contribution in [0.3, 0.4) is 0 Å². The first-order valence-electron chi connectivity index (χ1n) is 8.46. The number of rotatable bonds is 6. The average Bonchev–Trinajstić information content (AvgIpc) is 3.40. The van der Waals surface area contributed by atoms with Crippen LogP contribution in [0.4, 0.5) is 0 Å². The summed E-state index contributed by atoms with van der Waals surface area (Å²) in [4.78, 5) is 43.6. The minimum atomic E-state index is -1.46. The van der Waals surface area contributed by atoms with Gasteiger partial charge in [0.2, 0.25) is 0 Å². The van der Waals surface area contributed by atoms with Crippen molar-refractivity contribution in [3.8, 4) is 0 Å². The first-order valence-corrected chi connectivity index (χ1v) is 9.72. The maximum Gasteiger partial charge on any atom is 0.262 e. The second kappa shape index (κ2) is 8.46. The highest BCUT2D eigenvalue weighted by Gasteiger charge is 2.48. The summed E-state index contributed by atoms with van der Waals surface area (Å²) in [6.07, 6.45) is 8.17. The lowest BCUT2D eigenvalue weighted by Crippen LogP contribution is -2.50. The van der Waals surface area contributed by atoms with Crippen LogP contribution in [0, 0.1) is 0 Å². The Morgan fingerprint density at radius 2 is 2.04 bits per heavy atom. The second-order valence-electron chi connectivity index (χ2n) is 6.15. The second-order valence-corrected chi connectivity index (χ2v) is 7.54. The summed E-state index contributed by atoms with van der Waals surface area (Å²) in [5, 5.41) is 2.33. The van der Waals surface area contributed by atoms with E-state index in [0.29, 0.717) is 21.7 Å². The van der Waals surface area contributed by atoms with Crippen molar-refractivity contribution in [1.29, 1.82) is 0 Å². The molecule has 2 unspecified atom stereocenters. The molecule has 1 aromatic heterocycles. The van der Waals surface area contributed by atoms with Crippen LogP contribution in [-0.2, 0) is 14.4 Å². The van der Waals surface area contributed by atoms with Crippen LogP contribution in [0.5, 0.6) is 0 Å². The monoisotopic (exact) mass is 412 g/mol. The number of hydrogen-bond donors (Lipinski definition) is 0. The molecule has 1 aliphatic rings. The highest BCUT2D eigenvalue weighted by atomic mass is 35.5. The Kier molecular flexibility index (Phi) is 6.02. The molecule has 1 aliphatic heterocycles. The Balaban J connectivity index is 1.86. The fourth-order valence-corrected chi connectivity index (χ4v) is 4.00. The first kappa shape index (κ1) is 19.9. The van der Waals surface area contributed by atoms with Gasteiger partial charge in [-0.2, -0.15) is 0 Å². The molecule has 0 spiro atoms. The molecule has 1 aromatic carbocycles. The van der Waals surface area contributed by atoms with Crippen LogP contribution in [0.15, 0.2) is 65.0 Å². The molecule has 28 heavy (non-hydrogen) atoms. The van der Waals surface area contributed by atoms with E-state index in [9.17, 15) is 14.4 Å². The van der Waals surface area contributed by atoms with Gasteiger partial charge < -0.3 is 4.79 Å². The van der Waals surface area contributed by atoms with Crippen LogP contribution < -0.4 is 0 Å². The first-order chi connectivity index (χ1) is 13.5. The molecule has 2 atom stereocenters. The lowest BCUT2D eigenvalue weighted by atomic mass is 9.83. The average molecular weight is 413 g/mol. The molecule has 0 N–H and O–H groups in total. The number of thiophene rings is 1. The number of benzene rings is 1. The Morgan fingerprint density at radius 1 is 1.25 bits per heavy atom. The van der Waals surface area contributed by atoms with E-state index < -0.39 is 23.3 Å². The summed E-state index contributed by atoms with van der Waals surface area (Å²) in [5.41, 5.74) is -0.800. The number of aliphatic imine (C=N–C) groups is 1. The zero-order valence-electron chi connectivity index (χ0n) is 15.0. The molecule has 0 fully saturated rings. The molecule has 0 radical (unpaired) electrons. The zero-order valence-corrected chi connectivity index (χ0v) is 16.6. The van der Waals surface area contributed by atoms with Crippen molar-refractivity contribution in [2.45, 2.75) is 11.5 Å². The Labute approximate surface area is 171 Å². The van der Waals surface area contributed by atoms with Gasteiger partial charge in [0.05, 0.1) is 5.92 Å². The summed E-state index contributed by atoms with van der Waals surface area (Å²) in [6.45, 7) is 0. The van der Waals surface area contributed by atoms with Gasteiger partial charge in [0.15, 0.2) is 5.54 Å². The van der Waals surface area contributed by atoms with Crippen molar-refractivity contribution in [2.75, 3.05) is 7.05 Å². The quantitative estimate of drug-likeness (QED) is 0.536. The maximum absolute atomic E-state index is 13.2. The van der Waals surface area contributed by atoms with Gasteiger partial charge >= 0.3 is 0 Å². The highest BCUT2D eigenvalue weighted by Crippen LogP contribution is 2.37. The predicted molar refractivity (Wildman–Crippen MR) is 112 cm³/mol. The number of amides is 2. The van der Waals surface area contributed by atoms with Crippen molar-refractivity contribution in [2.24, 2.45) is 4.99 Å². The molecule has 0 bridgehead atoms. The topological polar surface area (TPSA) is 66.8 Å². The number of nitrogens with zero attached hydrogens (tertiary/aromatic N) is 2. The summed E-state index contributed by atoms with van der Waals surface area (Å²) in [5.74, 6) is -1.91. The van der Waals surface area contributed by atoms with E-state index in [4.69, 9.17) is 11.6 Å². The molecule has 0 saturated heterocycles. The number of likely N-dealkylation sites (N-methyl/N-ethyl adjacent to an activating group) is 1. The van der Waals surface area contributed by atoms with Gasteiger partial charge in [-0.3, -0.25) is 19.5 Å². The number of halogens is 1. The third-order valence-corrected chi connectivity index (χ3v) is 5.77. The summed E-state index contributed by atoms with van der Waals surface area (Å²) in [6, 6.07) is 10.6. The standard InChI is InChI=1S/C21H17ClN2O3S/c1-24(19(26)10-9-15-6-2-3-7-17(15)22)20(27)21(11-5-12-23-21)16(14-25)18-8-4-13-28-18/h2-14,16H,1H3. The molecule has 0 aliphatic carbocycles. The van der Waals surface area contributed by atoms with Crippen molar-refractivity contribution in [3.05, 3.63) is 75.5 Å². The summed E-state index contributed by atoms with van der Waals surface area (Å²) < 4.78 is 0. The molecule has 2 amide bonds. The van der Waals surface area contributed by atoms with Gasteiger partial charge in [0.1, 0.15) is 6.29 Å². The van der Waals surface area contributed by atoms with Crippen molar-refractivity contribution < 1.29 is 14.4 Å². The van der Waals surface area contributed by atoms with E-state index in [-0.39, 0.29) is 0 Å². The zero-order chi connectivity index (χ0) is 20.1. The van der Waals surface area contributed by atoms with Gasteiger partial charge in [-0.15, -0.1) is 11.3 Å². The van der Waals surface area contributed by atoms with Crippen LogP contribution >= 0.6 is 22.9 Å². The van der Waals surface area contributed by atoms with Gasteiger partial charge in [0, 0.05) is 29.2 Å². The van der Waals surface area contributed by atoms with Crippen LogP contribution in [-0.4, -0.2) is 41.8 Å². The smallest absolute Gasteiger partial charge is 0.262 e. The predicted octanol–water partition coefficient (Wildman–Crippen LogP) is 3.76. The molecule has 3 rings (SSSR count). The van der Waals surface area contributed by atoms with E-state index in [2.05, 4.69) is 4.99 Å². The van der Waals surface area contributed by atoms with E-state index in [1.807, 2.05) is 5.38 Å². The largest absolute Gasteiger partial charge is 0.303 e. The van der Waals surface area contributed by atoms with Gasteiger partial charge in [-0.25, -0.2) is 0 Å². The number of aldehydes is 1. The van der Waals surface area contributed by atoms with Crippen LogP contribution in [0.2, 0.25) is 5.02 Å². The maximum atomic E-state index is 13.2. The molecule has 2 aromatic rings. The van der Waals surface area contributed by atoms with E-state index in [0.717, 1.165) is 4.90 Å². The molecule has 7 heteroatoms. The van der Waals surface area contributed by atoms with Crippen molar-refractivity contribution >= 4 is 53.3 Å². The number of allylic oxidation sites excluding steroid dienone is 1. The minimum Gasteiger partial charge on any atom is -0.303 e. The fraction of sp³-hybridized carbons (Fsp3) is 0.143. The number of imide groups is 1. The van der Waals surface area contributed by atoms with E-state index >= 15 is 0 Å². The summed E-state index contributed by atoms with van der Waals surface area (Å²) >= 11 is 7.45. The lowest BCUT2D eigenvalue weighted by Gasteiger charge is -2.31. The van der Waals surface area contributed by atoms with E-state index in [1.54, 1.807) is 54.6 Å². The van der Waals surface area contributed by atoms with Gasteiger partial charge in [-0.1, -0.05) is 35.9 Å². The minimum absolute atomic E-state index is 0.499. The van der Waals surface area contributed by atoms with Crippen molar-refractivity contribution in [3.63, 3.8) is 0 Å². The highest BCUT2D eigenvalue weighted by molar-refractivity contribution is 7.10. The molecule has 2 heterocycles. The Bertz CT molecular complexity index is 967. The van der Waals surface area contributed by atoms with Gasteiger partial charge in [-0.05, 0) is 41.3 Å². The summed E-state index contributed by atoms with van der Waals surface area (Å²) in [7, 11) is 1.38. The number of carbonyl (C=O) groups excluding carboxylic acids is 3. The molecule has 5 nitrogen and oxygen atoms in total. The number of hydrogen-bond acceptors (Lipinski definition) is 5. The van der Waals surface area contributed by atoms with E-state index in [1.165, 1.54) is 30.7 Å².